The van der Waals surface area contributed by atoms with Gasteiger partial charge in [0, 0.05) is 40.5 Å². The van der Waals surface area contributed by atoms with Crippen LogP contribution in [0.2, 0.25) is 0 Å². The van der Waals surface area contributed by atoms with Gasteiger partial charge in [-0.25, -0.2) is 4.98 Å². The van der Waals surface area contributed by atoms with E-state index in [4.69, 9.17) is 9.40 Å². The molecule has 0 radical (unpaired) electrons. The van der Waals surface area contributed by atoms with E-state index in [1.807, 2.05) is 48.8 Å². The summed E-state index contributed by atoms with van der Waals surface area (Å²) in [5, 5.41) is 5.99. The van der Waals surface area contributed by atoms with Gasteiger partial charge in [-0.15, -0.1) is 0 Å². The van der Waals surface area contributed by atoms with Gasteiger partial charge in [0.05, 0.1) is 39.5 Å². The summed E-state index contributed by atoms with van der Waals surface area (Å²) in [6, 6.07) is 33.5. The highest BCUT2D eigenvalue weighted by Gasteiger charge is 2.26. The Kier molecular flexibility index (Phi) is 5.17. The number of benzene rings is 3. The summed E-state index contributed by atoms with van der Waals surface area (Å²) in [5.41, 5.74) is 8.47. The third-order valence-corrected chi connectivity index (χ3v) is 8.60. The lowest BCUT2D eigenvalue weighted by atomic mass is 9.92. The van der Waals surface area contributed by atoms with E-state index in [9.17, 15) is 0 Å². The van der Waals surface area contributed by atoms with E-state index in [2.05, 4.69) is 94.3 Å². The molecule has 1 unspecified atom stereocenters. The average Bonchev–Trinajstić information content (AvgIpc) is 3.62. The molecule has 0 fully saturated rings. The second kappa shape index (κ2) is 9.23. The molecule has 1 aliphatic carbocycles. The number of rotatable bonds is 3. The number of fused-ring (bicyclic) bond motifs is 10. The minimum atomic E-state index is 0.433. The van der Waals surface area contributed by atoms with Gasteiger partial charge in [0.2, 0.25) is 0 Å². The maximum atomic E-state index is 6.89. The number of aromatic nitrogens is 4. The number of allylic oxidation sites excluding steroid dienone is 1. The molecule has 0 saturated heterocycles. The Morgan fingerprint density at radius 2 is 1.33 bits per heavy atom. The van der Waals surface area contributed by atoms with E-state index in [1.54, 1.807) is 0 Å². The van der Waals surface area contributed by atoms with Crippen molar-refractivity contribution in [2.24, 2.45) is 5.92 Å². The van der Waals surface area contributed by atoms with Gasteiger partial charge in [-0.1, -0.05) is 73.7 Å². The molecule has 43 heavy (non-hydrogen) atoms. The fraction of sp³-hybridized carbons (Fsp3) is 0.0789. The molecule has 9 rings (SSSR count). The Labute approximate surface area is 247 Å². The molecule has 0 aliphatic heterocycles. The van der Waals surface area contributed by atoms with Crippen molar-refractivity contribution in [2.75, 3.05) is 0 Å². The molecular weight excluding hydrogens is 528 g/mol. The summed E-state index contributed by atoms with van der Waals surface area (Å²) in [7, 11) is 0. The van der Waals surface area contributed by atoms with Crippen molar-refractivity contribution < 1.29 is 4.42 Å². The third kappa shape index (κ3) is 3.61. The highest BCUT2D eigenvalue weighted by Crippen LogP contribution is 2.46. The SMILES string of the molecule is CC1C=Cc2c(oc3c2c2ccccc2c2c4ccccc4n(-c4cc(-c5ccccn5)nc(-c5ccccn5)c4)c32)C1. The van der Waals surface area contributed by atoms with Crippen molar-refractivity contribution >= 4 is 49.6 Å². The maximum absolute atomic E-state index is 6.89. The highest BCUT2D eigenvalue weighted by atomic mass is 16.3. The van der Waals surface area contributed by atoms with Crippen molar-refractivity contribution in [1.82, 2.24) is 19.5 Å². The Bertz CT molecular complexity index is 2330. The Hall–Kier alpha value is -5.55. The Morgan fingerprint density at radius 3 is 2.00 bits per heavy atom. The lowest BCUT2D eigenvalue weighted by Crippen LogP contribution is -2.00. The van der Waals surface area contributed by atoms with Crippen LogP contribution in [0.3, 0.4) is 0 Å². The molecular formula is C38H26N4O. The van der Waals surface area contributed by atoms with Gasteiger partial charge in [0.1, 0.15) is 5.76 Å². The molecule has 5 nitrogen and oxygen atoms in total. The van der Waals surface area contributed by atoms with Crippen molar-refractivity contribution in [3.05, 3.63) is 127 Å². The number of hydrogen-bond acceptors (Lipinski definition) is 4. The molecule has 1 aliphatic rings. The first-order valence-electron chi connectivity index (χ1n) is 14.7. The van der Waals surface area contributed by atoms with Gasteiger partial charge >= 0.3 is 0 Å². The summed E-state index contributed by atoms with van der Waals surface area (Å²) >= 11 is 0. The lowest BCUT2D eigenvalue weighted by molar-refractivity contribution is 0.514. The predicted octanol–water partition coefficient (Wildman–Crippen LogP) is 9.41. The van der Waals surface area contributed by atoms with Gasteiger partial charge in [0.15, 0.2) is 5.58 Å². The molecule has 3 aromatic carbocycles. The van der Waals surface area contributed by atoms with E-state index in [0.29, 0.717) is 5.92 Å². The van der Waals surface area contributed by atoms with E-state index >= 15 is 0 Å². The molecule has 5 heteroatoms. The maximum Gasteiger partial charge on any atom is 0.160 e. The van der Waals surface area contributed by atoms with E-state index in [0.717, 1.165) is 57.3 Å². The topological polar surface area (TPSA) is 56.7 Å². The summed E-state index contributed by atoms with van der Waals surface area (Å²) in [5.74, 6) is 1.49. The summed E-state index contributed by atoms with van der Waals surface area (Å²) < 4.78 is 9.24. The monoisotopic (exact) mass is 554 g/mol. The Balaban J connectivity index is 1.47. The zero-order valence-electron chi connectivity index (χ0n) is 23.5. The number of hydrogen-bond donors (Lipinski definition) is 0. The largest absolute Gasteiger partial charge is 0.458 e. The van der Waals surface area contributed by atoms with Crippen molar-refractivity contribution in [3.63, 3.8) is 0 Å². The van der Waals surface area contributed by atoms with Crippen molar-refractivity contribution in [1.29, 1.82) is 0 Å². The molecule has 5 heterocycles. The number of pyridine rings is 3. The minimum Gasteiger partial charge on any atom is -0.458 e. The van der Waals surface area contributed by atoms with Crippen LogP contribution in [0.25, 0.3) is 78.1 Å². The van der Waals surface area contributed by atoms with Crippen LogP contribution >= 0.6 is 0 Å². The highest BCUT2D eigenvalue weighted by molar-refractivity contribution is 6.32. The van der Waals surface area contributed by atoms with E-state index < -0.39 is 0 Å². The average molecular weight is 555 g/mol. The molecule has 0 amide bonds. The minimum absolute atomic E-state index is 0.433. The number of nitrogens with zero attached hydrogens (tertiary/aromatic N) is 4. The smallest absolute Gasteiger partial charge is 0.160 e. The van der Waals surface area contributed by atoms with Crippen LogP contribution in [0, 0.1) is 5.92 Å². The van der Waals surface area contributed by atoms with Crippen LogP contribution < -0.4 is 0 Å². The van der Waals surface area contributed by atoms with Crippen LogP contribution in [0.4, 0.5) is 0 Å². The third-order valence-electron chi connectivity index (χ3n) is 8.60. The van der Waals surface area contributed by atoms with Crippen LogP contribution in [0.15, 0.2) is 120 Å². The van der Waals surface area contributed by atoms with Crippen molar-refractivity contribution in [3.8, 4) is 28.5 Å². The van der Waals surface area contributed by atoms with Gasteiger partial charge in [-0.3, -0.25) is 9.97 Å². The van der Waals surface area contributed by atoms with Gasteiger partial charge in [-0.05, 0) is 59.2 Å². The molecule has 0 bridgehead atoms. The van der Waals surface area contributed by atoms with Crippen molar-refractivity contribution in [2.45, 2.75) is 13.3 Å². The van der Waals surface area contributed by atoms with Crippen LogP contribution in [0.5, 0.6) is 0 Å². The summed E-state index contributed by atoms with van der Waals surface area (Å²) in [4.78, 5) is 14.4. The summed E-state index contributed by atoms with van der Waals surface area (Å²) in [6.07, 6.45) is 9.06. The zero-order valence-corrected chi connectivity index (χ0v) is 23.5. The second-order valence-corrected chi connectivity index (χ2v) is 11.3. The zero-order chi connectivity index (χ0) is 28.5. The van der Waals surface area contributed by atoms with Crippen LogP contribution in [-0.4, -0.2) is 19.5 Å². The van der Waals surface area contributed by atoms with Gasteiger partial charge in [-0.2, -0.15) is 0 Å². The first kappa shape index (κ1) is 24.1. The van der Waals surface area contributed by atoms with Gasteiger partial charge < -0.3 is 8.98 Å². The predicted molar refractivity (Wildman–Crippen MR) is 174 cm³/mol. The number of furan rings is 1. The fourth-order valence-electron chi connectivity index (χ4n) is 6.73. The van der Waals surface area contributed by atoms with E-state index in [-0.39, 0.29) is 0 Å². The molecule has 0 saturated carbocycles. The van der Waals surface area contributed by atoms with Crippen LogP contribution in [0.1, 0.15) is 18.2 Å². The molecule has 8 aromatic rings. The van der Waals surface area contributed by atoms with E-state index in [1.165, 1.54) is 32.5 Å². The second-order valence-electron chi connectivity index (χ2n) is 11.3. The molecule has 0 N–H and O–H groups in total. The fourth-order valence-corrected chi connectivity index (χ4v) is 6.73. The molecule has 204 valence electrons. The van der Waals surface area contributed by atoms with Gasteiger partial charge in [0.25, 0.3) is 0 Å². The summed E-state index contributed by atoms with van der Waals surface area (Å²) in [6.45, 7) is 2.24. The number of para-hydroxylation sites is 1. The first-order chi connectivity index (χ1) is 21.2. The molecule has 0 spiro atoms. The standard InChI is InChI=1S/C38H26N4O/c1-23-16-17-28-34(20-23)43-38-36(28)26-11-3-2-10-25(26)35-27-12-4-5-15-33(27)42(37(35)38)24-21-31(29-13-6-8-18-39-29)41-32(22-24)30-14-7-9-19-40-30/h2-19,21-23H,20H2,1H3. The lowest BCUT2D eigenvalue weighted by Gasteiger charge is -2.13. The van der Waals surface area contributed by atoms with Crippen LogP contribution in [-0.2, 0) is 6.42 Å². The quantitative estimate of drug-likeness (QED) is 0.218. The Morgan fingerprint density at radius 1 is 0.698 bits per heavy atom. The normalized spacial score (nSPS) is 14.7. The first-order valence-corrected chi connectivity index (χ1v) is 14.7. The molecule has 5 aromatic heterocycles. The molecule has 1 atom stereocenters.